The number of amides is 2. The Hall–Kier alpha value is -2.89. The maximum absolute atomic E-state index is 12.8. The topological polar surface area (TPSA) is 67.4 Å². The van der Waals surface area contributed by atoms with Gasteiger partial charge < -0.3 is 15.4 Å². The quantitative estimate of drug-likeness (QED) is 0.814. The standard InChI is InChI=1S/C18H19FN2O3/c1-24-16-8-4-13(5-9-16)10-17(22)21-12-18(23)20-11-14-2-6-15(19)7-3-14/h2-9H,10-12H2,1H3,(H,20,23)(H,21,22). The van der Waals surface area contributed by atoms with Gasteiger partial charge in [-0.2, -0.15) is 0 Å². The molecule has 2 rings (SSSR count). The summed E-state index contributed by atoms with van der Waals surface area (Å²) in [5.74, 6) is -0.144. The molecule has 0 bridgehead atoms. The van der Waals surface area contributed by atoms with Crippen LogP contribution in [0.25, 0.3) is 0 Å². The number of benzene rings is 2. The predicted molar refractivity (Wildman–Crippen MR) is 88.0 cm³/mol. The van der Waals surface area contributed by atoms with Crippen LogP contribution in [0.1, 0.15) is 11.1 Å². The average Bonchev–Trinajstić information content (AvgIpc) is 2.60. The van der Waals surface area contributed by atoms with E-state index in [1.54, 1.807) is 43.5 Å². The number of halogens is 1. The Morgan fingerprint density at radius 2 is 1.54 bits per heavy atom. The van der Waals surface area contributed by atoms with E-state index in [4.69, 9.17) is 4.74 Å². The van der Waals surface area contributed by atoms with Gasteiger partial charge in [0.15, 0.2) is 0 Å². The van der Waals surface area contributed by atoms with Crippen LogP contribution in [0.4, 0.5) is 4.39 Å². The van der Waals surface area contributed by atoms with Gasteiger partial charge in [-0.25, -0.2) is 4.39 Å². The lowest BCUT2D eigenvalue weighted by Gasteiger charge is -2.08. The molecule has 6 heteroatoms. The molecule has 0 unspecified atom stereocenters. The van der Waals surface area contributed by atoms with Crippen LogP contribution >= 0.6 is 0 Å². The summed E-state index contributed by atoms with van der Waals surface area (Å²) in [5.41, 5.74) is 1.62. The lowest BCUT2D eigenvalue weighted by molar-refractivity contribution is -0.125. The van der Waals surface area contributed by atoms with Crippen LogP contribution in [0.5, 0.6) is 5.75 Å². The Kier molecular flexibility index (Phi) is 6.31. The van der Waals surface area contributed by atoms with Gasteiger partial charge in [0.05, 0.1) is 20.1 Å². The van der Waals surface area contributed by atoms with E-state index in [0.29, 0.717) is 0 Å². The lowest BCUT2D eigenvalue weighted by atomic mass is 10.1. The molecule has 5 nitrogen and oxygen atoms in total. The number of carbonyl (C=O) groups excluding carboxylic acids is 2. The third-order valence-corrected chi connectivity index (χ3v) is 3.37. The molecule has 0 aliphatic heterocycles. The molecule has 0 aliphatic rings. The van der Waals surface area contributed by atoms with E-state index in [-0.39, 0.29) is 37.1 Å². The van der Waals surface area contributed by atoms with Crippen LogP contribution in [0, 0.1) is 5.82 Å². The van der Waals surface area contributed by atoms with E-state index in [9.17, 15) is 14.0 Å². The molecular formula is C18H19FN2O3. The first-order chi connectivity index (χ1) is 11.6. The molecule has 2 N–H and O–H groups in total. The molecule has 0 radical (unpaired) electrons. The minimum atomic E-state index is -0.323. The first-order valence-corrected chi connectivity index (χ1v) is 7.47. The normalized spacial score (nSPS) is 10.1. The summed E-state index contributed by atoms with van der Waals surface area (Å²) in [5, 5.41) is 5.22. The van der Waals surface area contributed by atoms with Crippen molar-refractivity contribution in [1.82, 2.24) is 10.6 Å². The zero-order valence-corrected chi connectivity index (χ0v) is 13.3. The van der Waals surface area contributed by atoms with E-state index < -0.39 is 0 Å². The highest BCUT2D eigenvalue weighted by atomic mass is 19.1. The van der Waals surface area contributed by atoms with E-state index in [0.717, 1.165) is 16.9 Å². The smallest absolute Gasteiger partial charge is 0.239 e. The first kappa shape index (κ1) is 17.5. The Balaban J connectivity index is 1.70. The van der Waals surface area contributed by atoms with Crippen molar-refractivity contribution in [2.45, 2.75) is 13.0 Å². The second-order valence-corrected chi connectivity index (χ2v) is 5.20. The minimum Gasteiger partial charge on any atom is -0.497 e. The Bertz CT molecular complexity index is 684. The highest BCUT2D eigenvalue weighted by Crippen LogP contribution is 2.11. The second kappa shape index (κ2) is 8.67. The van der Waals surface area contributed by atoms with Gasteiger partial charge >= 0.3 is 0 Å². The summed E-state index contributed by atoms with van der Waals surface area (Å²) in [4.78, 5) is 23.5. The van der Waals surface area contributed by atoms with Gasteiger partial charge in [0.2, 0.25) is 11.8 Å². The summed E-state index contributed by atoms with van der Waals surface area (Å²) in [7, 11) is 1.58. The molecule has 0 fully saturated rings. The van der Waals surface area contributed by atoms with Gasteiger partial charge in [-0.05, 0) is 35.4 Å². The number of carbonyl (C=O) groups is 2. The van der Waals surface area contributed by atoms with Crippen LogP contribution in [-0.2, 0) is 22.6 Å². The molecule has 0 aromatic heterocycles. The highest BCUT2D eigenvalue weighted by molar-refractivity contribution is 5.85. The van der Waals surface area contributed by atoms with Crippen molar-refractivity contribution in [1.29, 1.82) is 0 Å². The van der Waals surface area contributed by atoms with Crippen LogP contribution in [-0.4, -0.2) is 25.5 Å². The fourth-order valence-electron chi connectivity index (χ4n) is 2.04. The van der Waals surface area contributed by atoms with E-state index in [1.165, 1.54) is 12.1 Å². The number of hydrogen-bond acceptors (Lipinski definition) is 3. The van der Waals surface area contributed by atoms with Crippen molar-refractivity contribution < 1.29 is 18.7 Å². The third-order valence-electron chi connectivity index (χ3n) is 3.37. The van der Waals surface area contributed by atoms with Crippen LogP contribution < -0.4 is 15.4 Å². The van der Waals surface area contributed by atoms with Gasteiger partial charge in [0, 0.05) is 6.54 Å². The fraction of sp³-hybridized carbons (Fsp3) is 0.222. The molecule has 24 heavy (non-hydrogen) atoms. The number of rotatable bonds is 7. The number of ether oxygens (including phenoxy) is 1. The molecular weight excluding hydrogens is 311 g/mol. The van der Waals surface area contributed by atoms with Gasteiger partial charge in [0.25, 0.3) is 0 Å². The zero-order chi connectivity index (χ0) is 17.4. The Morgan fingerprint density at radius 3 is 2.17 bits per heavy atom. The zero-order valence-electron chi connectivity index (χ0n) is 13.3. The van der Waals surface area contributed by atoms with E-state index >= 15 is 0 Å². The molecule has 0 saturated carbocycles. The molecule has 0 saturated heterocycles. The van der Waals surface area contributed by atoms with Crippen LogP contribution in [0.2, 0.25) is 0 Å². The predicted octanol–water partition coefficient (Wildman–Crippen LogP) is 1.81. The summed E-state index contributed by atoms with van der Waals surface area (Å²) >= 11 is 0. The highest BCUT2D eigenvalue weighted by Gasteiger charge is 2.07. The molecule has 0 aliphatic carbocycles. The van der Waals surface area contributed by atoms with Crippen LogP contribution in [0.15, 0.2) is 48.5 Å². The maximum Gasteiger partial charge on any atom is 0.239 e. The molecule has 0 heterocycles. The maximum atomic E-state index is 12.8. The van der Waals surface area contributed by atoms with E-state index in [2.05, 4.69) is 10.6 Å². The largest absolute Gasteiger partial charge is 0.497 e. The van der Waals surface area contributed by atoms with Crippen molar-refractivity contribution in [3.8, 4) is 5.75 Å². The van der Waals surface area contributed by atoms with Gasteiger partial charge in [-0.15, -0.1) is 0 Å². The van der Waals surface area contributed by atoms with Crippen molar-refractivity contribution in [2.75, 3.05) is 13.7 Å². The average molecular weight is 330 g/mol. The van der Waals surface area contributed by atoms with Crippen molar-refractivity contribution in [3.05, 3.63) is 65.5 Å². The van der Waals surface area contributed by atoms with Crippen molar-refractivity contribution in [2.24, 2.45) is 0 Å². The van der Waals surface area contributed by atoms with Gasteiger partial charge in [-0.3, -0.25) is 9.59 Å². The summed E-state index contributed by atoms with van der Waals surface area (Å²) in [6, 6.07) is 13.0. The van der Waals surface area contributed by atoms with Gasteiger partial charge in [-0.1, -0.05) is 24.3 Å². The van der Waals surface area contributed by atoms with Crippen molar-refractivity contribution >= 4 is 11.8 Å². The minimum absolute atomic E-state index is 0.101. The van der Waals surface area contributed by atoms with Crippen LogP contribution in [0.3, 0.4) is 0 Å². The SMILES string of the molecule is COc1ccc(CC(=O)NCC(=O)NCc2ccc(F)cc2)cc1. The van der Waals surface area contributed by atoms with Gasteiger partial charge in [0.1, 0.15) is 11.6 Å². The molecule has 126 valence electrons. The Morgan fingerprint density at radius 1 is 0.917 bits per heavy atom. The monoisotopic (exact) mass is 330 g/mol. The first-order valence-electron chi connectivity index (χ1n) is 7.47. The molecule has 2 aromatic carbocycles. The molecule has 0 atom stereocenters. The summed E-state index contributed by atoms with van der Waals surface area (Å²) in [6.45, 7) is 0.184. The third kappa shape index (κ3) is 5.72. The lowest BCUT2D eigenvalue weighted by Crippen LogP contribution is -2.37. The summed E-state index contributed by atoms with van der Waals surface area (Å²) in [6.07, 6.45) is 0.190. The molecule has 2 aromatic rings. The fourth-order valence-corrected chi connectivity index (χ4v) is 2.04. The second-order valence-electron chi connectivity index (χ2n) is 5.20. The summed E-state index contributed by atoms with van der Waals surface area (Å²) < 4.78 is 17.8. The van der Waals surface area contributed by atoms with E-state index in [1.807, 2.05) is 0 Å². The Labute approximate surface area is 139 Å². The number of methoxy groups -OCH3 is 1. The molecule has 0 spiro atoms. The number of hydrogen-bond donors (Lipinski definition) is 2. The van der Waals surface area contributed by atoms with Crippen molar-refractivity contribution in [3.63, 3.8) is 0 Å². The molecule has 2 amide bonds. The number of nitrogens with one attached hydrogen (secondary N) is 2.